The Morgan fingerprint density at radius 1 is 1.27 bits per heavy atom. The molecule has 3 heteroatoms. The summed E-state index contributed by atoms with van der Waals surface area (Å²) in [4.78, 5) is 4.22. The van der Waals surface area contributed by atoms with Gasteiger partial charge in [0.2, 0.25) is 0 Å². The average molecular weight is 318 g/mol. The van der Waals surface area contributed by atoms with E-state index in [0.29, 0.717) is 5.92 Å². The lowest BCUT2D eigenvalue weighted by molar-refractivity contribution is 0.190. The molecule has 0 fully saturated rings. The van der Waals surface area contributed by atoms with Gasteiger partial charge in [0.05, 0.1) is 6.10 Å². The van der Waals surface area contributed by atoms with Gasteiger partial charge < -0.3 is 4.43 Å². The van der Waals surface area contributed by atoms with Crippen LogP contribution in [0.3, 0.4) is 0 Å². The Balaban J connectivity index is 2.27. The molecule has 0 amide bonds. The van der Waals surface area contributed by atoms with Crippen molar-refractivity contribution in [3.8, 4) is 0 Å². The molecule has 0 radical (unpaired) electrons. The van der Waals surface area contributed by atoms with Crippen LogP contribution in [-0.4, -0.2) is 19.4 Å². The van der Waals surface area contributed by atoms with Crippen LogP contribution in [0.25, 0.3) is 5.57 Å². The summed E-state index contributed by atoms with van der Waals surface area (Å²) in [5.74, 6) is 0.669. The number of rotatable bonds is 3. The molecule has 0 aliphatic heterocycles. The highest BCUT2D eigenvalue weighted by molar-refractivity contribution is 6.74. The number of pyridine rings is 1. The van der Waals surface area contributed by atoms with Gasteiger partial charge in [0, 0.05) is 12.4 Å². The normalized spacial score (nSPS) is 23.3. The van der Waals surface area contributed by atoms with E-state index in [1.54, 1.807) is 0 Å². The van der Waals surface area contributed by atoms with E-state index in [2.05, 4.69) is 64.8 Å². The lowest BCUT2D eigenvalue weighted by Crippen LogP contribution is -2.44. The minimum Gasteiger partial charge on any atom is -0.411 e. The van der Waals surface area contributed by atoms with E-state index in [9.17, 15) is 0 Å². The van der Waals surface area contributed by atoms with Gasteiger partial charge in [-0.1, -0.05) is 33.8 Å². The number of hydrogen-bond acceptors (Lipinski definition) is 2. The Bertz CT molecular complexity index is 557. The van der Waals surface area contributed by atoms with Crippen molar-refractivity contribution in [2.24, 2.45) is 5.92 Å². The van der Waals surface area contributed by atoms with Crippen molar-refractivity contribution >= 4 is 13.9 Å². The zero-order chi connectivity index (χ0) is 16.5. The summed E-state index contributed by atoms with van der Waals surface area (Å²) >= 11 is 0. The summed E-state index contributed by atoms with van der Waals surface area (Å²) in [6, 6.07) is 2.14. The standard InChI is InChI=1S/C19H31NOSi/c1-14-10-16(18-8-9-20-13-15(18)2)12-17(11-14)21-22(6,7)19(3,4)5/h8-9,12-14,17H,10-11H2,1-7H3/t14-,17-/m0/s1. The van der Waals surface area contributed by atoms with Crippen LogP contribution in [0.2, 0.25) is 18.1 Å². The first kappa shape index (κ1) is 17.4. The van der Waals surface area contributed by atoms with Gasteiger partial charge in [-0.2, -0.15) is 0 Å². The lowest BCUT2D eigenvalue weighted by atomic mass is 9.84. The maximum atomic E-state index is 6.65. The monoisotopic (exact) mass is 317 g/mol. The molecule has 22 heavy (non-hydrogen) atoms. The van der Waals surface area contributed by atoms with Crippen LogP contribution < -0.4 is 0 Å². The molecule has 0 unspecified atom stereocenters. The maximum Gasteiger partial charge on any atom is 0.192 e. The summed E-state index contributed by atoms with van der Waals surface area (Å²) in [7, 11) is -1.72. The van der Waals surface area contributed by atoms with Crippen molar-refractivity contribution < 1.29 is 4.43 Å². The molecule has 1 aliphatic rings. The third-order valence-electron chi connectivity index (χ3n) is 5.21. The van der Waals surface area contributed by atoms with Crippen molar-refractivity contribution in [2.45, 2.75) is 71.7 Å². The number of aromatic nitrogens is 1. The highest BCUT2D eigenvalue weighted by atomic mass is 28.4. The molecule has 0 bridgehead atoms. The van der Waals surface area contributed by atoms with Crippen LogP contribution >= 0.6 is 0 Å². The summed E-state index contributed by atoms with van der Waals surface area (Å²) < 4.78 is 6.65. The molecule has 0 N–H and O–H groups in total. The van der Waals surface area contributed by atoms with Gasteiger partial charge in [-0.25, -0.2) is 0 Å². The zero-order valence-electron chi connectivity index (χ0n) is 15.2. The van der Waals surface area contributed by atoms with Gasteiger partial charge >= 0.3 is 0 Å². The lowest BCUT2D eigenvalue weighted by Gasteiger charge is -2.40. The second kappa shape index (κ2) is 6.29. The van der Waals surface area contributed by atoms with Crippen molar-refractivity contribution in [1.82, 2.24) is 4.98 Å². The minimum absolute atomic E-state index is 0.257. The first-order valence-electron chi connectivity index (χ1n) is 8.39. The molecule has 1 aliphatic carbocycles. The summed E-state index contributed by atoms with van der Waals surface area (Å²) in [6.07, 6.45) is 8.77. The zero-order valence-corrected chi connectivity index (χ0v) is 16.2. The molecule has 0 saturated heterocycles. The molecule has 0 aromatic carbocycles. The SMILES string of the molecule is Cc1cnccc1C1=C[C@@H](O[Si](C)(C)C(C)(C)C)C[C@@H](C)C1. The molecule has 1 heterocycles. The molecule has 122 valence electrons. The number of hydrogen-bond donors (Lipinski definition) is 0. The Morgan fingerprint density at radius 3 is 2.55 bits per heavy atom. The van der Waals surface area contributed by atoms with Crippen LogP contribution in [0.15, 0.2) is 24.5 Å². The Morgan fingerprint density at radius 2 is 1.95 bits per heavy atom. The first-order chi connectivity index (χ1) is 10.1. The fraction of sp³-hybridized carbons (Fsp3) is 0.632. The molecule has 2 atom stereocenters. The van der Waals surface area contributed by atoms with Crippen LogP contribution in [0, 0.1) is 12.8 Å². The highest BCUT2D eigenvalue weighted by Gasteiger charge is 2.39. The summed E-state index contributed by atoms with van der Waals surface area (Å²) in [5.41, 5.74) is 4.03. The summed E-state index contributed by atoms with van der Waals surface area (Å²) in [5, 5.41) is 0.258. The Hall–Kier alpha value is -0.933. The van der Waals surface area contributed by atoms with Gasteiger partial charge in [-0.15, -0.1) is 0 Å². The topological polar surface area (TPSA) is 22.1 Å². The molecule has 0 saturated carbocycles. The van der Waals surface area contributed by atoms with Gasteiger partial charge in [-0.3, -0.25) is 4.98 Å². The van der Waals surface area contributed by atoms with Gasteiger partial charge in [-0.05, 0) is 66.6 Å². The minimum atomic E-state index is -1.72. The highest BCUT2D eigenvalue weighted by Crippen LogP contribution is 2.40. The van der Waals surface area contributed by atoms with Crippen molar-refractivity contribution in [3.05, 3.63) is 35.7 Å². The third kappa shape index (κ3) is 3.88. The van der Waals surface area contributed by atoms with Crippen LogP contribution in [-0.2, 0) is 4.43 Å². The molecule has 1 aromatic heterocycles. The van der Waals surface area contributed by atoms with Crippen molar-refractivity contribution in [2.75, 3.05) is 0 Å². The Kier molecular flexibility index (Phi) is 4.98. The molecule has 2 rings (SSSR count). The summed E-state index contributed by atoms with van der Waals surface area (Å²) in [6.45, 7) is 16.1. The Labute approximate surface area is 137 Å². The number of nitrogens with zero attached hydrogens (tertiary/aromatic N) is 1. The van der Waals surface area contributed by atoms with E-state index in [1.165, 1.54) is 16.7 Å². The third-order valence-corrected chi connectivity index (χ3v) is 9.71. The second-order valence-electron chi connectivity index (χ2n) is 8.34. The van der Waals surface area contributed by atoms with Gasteiger partial charge in [0.1, 0.15) is 0 Å². The van der Waals surface area contributed by atoms with E-state index in [-0.39, 0.29) is 11.1 Å². The van der Waals surface area contributed by atoms with E-state index in [4.69, 9.17) is 4.43 Å². The van der Waals surface area contributed by atoms with E-state index in [0.717, 1.165) is 12.8 Å². The predicted octanol–water partition coefficient (Wildman–Crippen LogP) is 5.59. The average Bonchev–Trinajstić information content (AvgIpc) is 2.36. The quantitative estimate of drug-likeness (QED) is 0.678. The van der Waals surface area contributed by atoms with E-state index in [1.807, 2.05) is 12.4 Å². The van der Waals surface area contributed by atoms with E-state index < -0.39 is 8.32 Å². The second-order valence-corrected chi connectivity index (χ2v) is 13.1. The molecule has 0 spiro atoms. The molecular weight excluding hydrogens is 286 g/mol. The fourth-order valence-corrected chi connectivity index (χ4v) is 4.16. The molecular formula is C19H31NOSi. The molecule has 2 nitrogen and oxygen atoms in total. The van der Waals surface area contributed by atoms with Gasteiger partial charge in [0.25, 0.3) is 0 Å². The number of aryl methyl sites for hydroxylation is 1. The van der Waals surface area contributed by atoms with Crippen molar-refractivity contribution in [1.29, 1.82) is 0 Å². The van der Waals surface area contributed by atoms with Crippen LogP contribution in [0.4, 0.5) is 0 Å². The first-order valence-corrected chi connectivity index (χ1v) is 11.3. The van der Waals surface area contributed by atoms with Crippen molar-refractivity contribution in [3.63, 3.8) is 0 Å². The fourth-order valence-electron chi connectivity index (χ4n) is 2.89. The van der Waals surface area contributed by atoms with Crippen LogP contribution in [0.5, 0.6) is 0 Å². The predicted molar refractivity (Wildman–Crippen MR) is 97.4 cm³/mol. The molecule has 1 aromatic rings. The largest absolute Gasteiger partial charge is 0.411 e. The maximum absolute atomic E-state index is 6.65. The number of allylic oxidation sites excluding steroid dienone is 1. The van der Waals surface area contributed by atoms with Crippen LogP contribution in [0.1, 0.15) is 51.7 Å². The smallest absolute Gasteiger partial charge is 0.192 e. The van der Waals surface area contributed by atoms with E-state index >= 15 is 0 Å². The van der Waals surface area contributed by atoms with Gasteiger partial charge in [0.15, 0.2) is 8.32 Å².